The minimum Gasteiger partial charge on any atom is -0.456 e. The van der Waals surface area contributed by atoms with Crippen LogP contribution in [0, 0.1) is 0 Å². The number of benzene rings is 8. The lowest BCUT2D eigenvalue weighted by molar-refractivity contribution is 0.669. The van der Waals surface area contributed by atoms with E-state index in [1.165, 1.54) is 55.6 Å². The topological polar surface area (TPSA) is 16.4 Å². The fourth-order valence-electron chi connectivity index (χ4n) is 7.86. The van der Waals surface area contributed by atoms with E-state index in [0.29, 0.717) is 0 Å². The van der Waals surface area contributed by atoms with Gasteiger partial charge in [-0.15, -0.1) is 0 Å². The van der Waals surface area contributed by atoms with Crippen LogP contribution >= 0.6 is 0 Å². The Labute approximate surface area is 291 Å². The van der Waals surface area contributed by atoms with Crippen LogP contribution in [-0.4, -0.2) is 0 Å². The molecule has 1 aliphatic rings. The lowest BCUT2D eigenvalue weighted by atomic mass is 9.80. The quantitative estimate of drug-likeness (QED) is 0.191. The molecule has 10 rings (SSSR count). The Hall–Kier alpha value is -6.64. The molecule has 8 aromatic carbocycles. The third-order valence-electron chi connectivity index (χ3n) is 10.1. The smallest absolute Gasteiger partial charge is 0.137 e. The van der Waals surface area contributed by atoms with E-state index in [1.54, 1.807) is 0 Å². The maximum absolute atomic E-state index is 6.46. The summed E-state index contributed by atoms with van der Waals surface area (Å²) in [6.45, 7) is 0. The van der Waals surface area contributed by atoms with Crippen molar-refractivity contribution < 1.29 is 4.42 Å². The maximum atomic E-state index is 6.46. The minimum atomic E-state index is 0.869. The zero-order valence-electron chi connectivity index (χ0n) is 27.3. The van der Waals surface area contributed by atoms with E-state index < -0.39 is 0 Å². The van der Waals surface area contributed by atoms with Crippen LogP contribution in [-0.2, 0) is 0 Å². The Bertz CT molecular complexity index is 2700. The van der Waals surface area contributed by atoms with Crippen LogP contribution in [0.25, 0.3) is 77.6 Å². The zero-order valence-corrected chi connectivity index (χ0v) is 27.3. The highest BCUT2D eigenvalue weighted by Crippen LogP contribution is 2.53. The molecule has 0 saturated carbocycles. The van der Waals surface area contributed by atoms with Crippen molar-refractivity contribution in [3.05, 3.63) is 188 Å². The monoisotopic (exact) mass is 637 g/mol. The average Bonchev–Trinajstić information content (AvgIpc) is 3.58. The molecule has 1 aliphatic carbocycles. The van der Waals surface area contributed by atoms with E-state index in [1.807, 2.05) is 6.07 Å². The highest BCUT2D eigenvalue weighted by Gasteiger charge is 2.28. The van der Waals surface area contributed by atoms with Gasteiger partial charge in [-0.1, -0.05) is 152 Å². The van der Waals surface area contributed by atoms with Gasteiger partial charge in [0.05, 0.1) is 16.8 Å². The van der Waals surface area contributed by atoms with Crippen molar-refractivity contribution in [2.24, 2.45) is 0 Å². The molecule has 234 valence electrons. The summed E-state index contributed by atoms with van der Waals surface area (Å²) in [4.78, 5) is 2.44. The molecule has 0 spiro atoms. The van der Waals surface area contributed by atoms with Gasteiger partial charge < -0.3 is 9.32 Å². The highest BCUT2D eigenvalue weighted by molar-refractivity contribution is 6.15. The van der Waals surface area contributed by atoms with Gasteiger partial charge in [0.1, 0.15) is 11.2 Å². The van der Waals surface area contributed by atoms with Gasteiger partial charge in [-0.05, 0) is 86.5 Å². The molecular weight excluding hydrogens is 607 g/mol. The van der Waals surface area contributed by atoms with Crippen LogP contribution in [0.15, 0.2) is 192 Å². The lowest BCUT2D eigenvalue weighted by Crippen LogP contribution is -2.12. The van der Waals surface area contributed by atoms with Crippen LogP contribution < -0.4 is 4.90 Å². The molecule has 1 aromatic heterocycles. The van der Waals surface area contributed by atoms with Crippen LogP contribution in [0.1, 0.15) is 0 Å². The first kappa shape index (κ1) is 28.4. The van der Waals surface area contributed by atoms with Gasteiger partial charge in [-0.3, -0.25) is 0 Å². The molecule has 0 N–H and O–H groups in total. The van der Waals surface area contributed by atoms with Gasteiger partial charge in [-0.2, -0.15) is 0 Å². The SMILES string of the molecule is c1ccc(-c2ccc(N(c3cccc4c3-c3ccccc3-c3ccccc3-c3ccccc3-4)c3cccc4oc5ccccc5c34)cc2)cc1. The zero-order chi connectivity index (χ0) is 33.0. The maximum Gasteiger partial charge on any atom is 0.137 e. The largest absolute Gasteiger partial charge is 0.456 e. The van der Waals surface area contributed by atoms with Gasteiger partial charge in [-0.25, -0.2) is 0 Å². The molecule has 0 amide bonds. The van der Waals surface area contributed by atoms with Gasteiger partial charge >= 0.3 is 0 Å². The summed E-state index contributed by atoms with van der Waals surface area (Å²) < 4.78 is 6.46. The number of nitrogens with zero attached hydrogens (tertiary/aromatic N) is 1. The van der Waals surface area contributed by atoms with Gasteiger partial charge in [0.2, 0.25) is 0 Å². The number of para-hydroxylation sites is 1. The predicted octanol–water partition coefficient (Wildman–Crippen LogP) is 13.7. The Morgan fingerprint density at radius 1 is 0.320 bits per heavy atom. The highest BCUT2D eigenvalue weighted by atomic mass is 16.3. The Balaban J connectivity index is 1.31. The van der Waals surface area contributed by atoms with Crippen LogP contribution in [0.4, 0.5) is 17.1 Å². The third-order valence-corrected chi connectivity index (χ3v) is 10.1. The van der Waals surface area contributed by atoms with Crippen molar-refractivity contribution in [3.8, 4) is 55.6 Å². The summed E-state index contributed by atoms with van der Waals surface area (Å²) in [5.41, 5.74) is 17.1. The van der Waals surface area contributed by atoms with E-state index in [-0.39, 0.29) is 0 Å². The molecule has 0 fully saturated rings. The van der Waals surface area contributed by atoms with Gasteiger partial charge in [0.25, 0.3) is 0 Å². The number of hydrogen-bond donors (Lipinski definition) is 0. The molecule has 9 aromatic rings. The van der Waals surface area contributed by atoms with Crippen LogP contribution in [0.3, 0.4) is 0 Å². The number of rotatable bonds is 4. The fourth-order valence-corrected chi connectivity index (χ4v) is 7.86. The predicted molar refractivity (Wildman–Crippen MR) is 209 cm³/mol. The van der Waals surface area contributed by atoms with E-state index in [9.17, 15) is 0 Å². The second kappa shape index (κ2) is 11.5. The molecule has 2 nitrogen and oxygen atoms in total. The summed E-state index contributed by atoms with van der Waals surface area (Å²) >= 11 is 0. The van der Waals surface area contributed by atoms with E-state index in [2.05, 4.69) is 187 Å². The molecule has 2 heteroatoms. The van der Waals surface area contributed by atoms with Gasteiger partial charge in [0.15, 0.2) is 0 Å². The van der Waals surface area contributed by atoms with Crippen LogP contribution in [0.2, 0.25) is 0 Å². The number of hydrogen-bond acceptors (Lipinski definition) is 2. The van der Waals surface area contributed by atoms with Crippen molar-refractivity contribution >= 4 is 39.0 Å². The lowest BCUT2D eigenvalue weighted by Gasteiger charge is -2.31. The van der Waals surface area contributed by atoms with Crippen LogP contribution in [0.5, 0.6) is 0 Å². The van der Waals surface area contributed by atoms with E-state index in [0.717, 1.165) is 39.0 Å². The third kappa shape index (κ3) is 4.43. The van der Waals surface area contributed by atoms with Crippen molar-refractivity contribution in [2.45, 2.75) is 0 Å². The van der Waals surface area contributed by atoms with Crippen molar-refractivity contribution in [1.29, 1.82) is 0 Å². The fraction of sp³-hybridized carbons (Fsp3) is 0. The van der Waals surface area contributed by atoms with Crippen molar-refractivity contribution in [1.82, 2.24) is 0 Å². The first-order valence-electron chi connectivity index (χ1n) is 17.1. The molecule has 0 saturated heterocycles. The second-order valence-corrected chi connectivity index (χ2v) is 12.8. The van der Waals surface area contributed by atoms with Gasteiger partial charge in [0, 0.05) is 16.6 Å². The standard InChI is InChI=1S/C48H31NO/c1-2-14-32(15-3-1)33-28-30-34(31-29-33)49(44-25-13-27-46-48(44)42-22-10-11-26-45(42)50-46)43-24-12-23-41-39-19-7-6-18-37(39)35-16-4-5-17-36(35)38-20-8-9-21-40(38)47(41)43/h1-31H. The van der Waals surface area contributed by atoms with Crippen molar-refractivity contribution in [2.75, 3.05) is 4.90 Å². The summed E-state index contributed by atoms with van der Waals surface area (Å²) in [5, 5.41) is 2.19. The second-order valence-electron chi connectivity index (χ2n) is 12.8. The Morgan fingerprint density at radius 2 is 0.800 bits per heavy atom. The number of anilines is 3. The number of fused-ring (bicyclic) bond motifs is 11. The Kier molecular flexibility index (Phi) is 6.53. The summed E-state index contributed by atoms with van der Waals surface area (Å²) in [5.74, 6) is 0. The molecule has 0 bridgehead atoms. The minimum absolute atomic E-state index is 0.869. The molecule has 0 aliphatic heterocycles. The first-order chi connectivity index (χ1) is 24.8. The first-order valence-corrected chi connectivity index (χ1v) is 17.1. The summed E-state index contributed by atoms with van der Waals surface area (Å²) in [6.07, 6.45) is 0. The molecule has 0 radical (unpaired) electrons. The molecule has 0 unspecified atom stereocenters. The normalized spacial score (nSPS) is 11.6. The number of furan rings is 1. The molecule has 0 atom stereocenters. The van der Waals surface area contributed by atoms with E-state index in [4.69, 9.17) is 4.42 Å². The molecular formula is C48H31NO. The molecule has 1 heterocycles. The van der Waals surface area contributed by atoms with E-state index >= 15 is 0 Å². The average molecular weight is 638 g/mol. The molecule has 50 heavy (non-hydrogen) atoms. The summed E-state index contributed by atoms with van der Waals surface area (Å²) in [6, 6.07) is 67.6. The van der Waals surface area contributed by atoms with Crippen molar-refractivity contribution in [3.63, 3.8) is 0 Å². The summed E-state index contributed by atoms with van der Waals surface area (Å²) in [7, 11) is 0. The Morgan fingerprint density at radius 3 is 1.50 bits per heavy atom.